The van der Waals surface area contributed by atoms with Crippen molar-refractivity contribution in [2.75, 3.05) is 5.32 Å². The predicted octanol–water partition coefficient (Wildman–Crippen LogP) is 4.78. The number of nitrogens with zero attached hydrogens (tertiary/aromatic N) is 4. The van der Waals surface area contributed by atoms with Crippen LogP contribution >= 0.6 is 0 Å². The molecule has 2 N–H and O–H groups in total. The number of rotatable bonds is 4. The van der Waals surface area contributed by atoms with Gasteiger partial charge in [0.1, 0.15) is 17.2 Å². The fraction of sp³-hybridized carbons (Fsp3) is 0.292. The summed E-state index contributed by atoms with van der Waals surface area (Å²) in [6.45, 7) is 0.382. The first-order valence-corrected chi connectivity index (χ1v) is 10.7. The van der Waals surface area contributed by atoms with E-state index in [9.17, 15) is 13.9 Å². The summed E-state index contributed by atoms with van der Waals surface area (Å²) in [5.74, 6) is 1.40. The molecule has 0 radical (unpaired) electrons. The lowest BCUT2D eigenvalue weighted by Crippen LogP contribution is -2.19. The second-order valence-corrected chi connectivity index (χ2v) is 8.94. The maximum absolute atomic E-state index is 13.1. The minimum Gasteiger partial charge on any atom is -0.434 e. The molecule has 0 saturated carbocycles. The first kappa shape index (κ1) is 20.0. The van der Waals surface area contributed by atoms with Gasteiger partial charge in [0, 0.05) is 29.2 Å². The molecule has 2 bridgehead atoms. The molecule has 0 spiro atoms. The van der Waals surface area contributed by atoms with Crippen LogP contribution in [0.1, 0.15) is 49.6 Å². The highest BCUT2D eigenvalue weighted by atomic mass is 19.3. The molecule has 2 atom stereocenters. The first-order valence-electron chi connectivity index (χ1n) is 10.7. The zero-order valence-electron chi connectivity index (χ0n) is 18.0. The van der Waals surface area contributed by atoms with E-state index in [1.54, 1.807) is 38.4 Å². The maximum atomic E-state index is 13.1. The number of imidazole rings is 1. The molecule has 0 amide bonds. The summed E-state index contributed by atoms with van der Waals surface area (Å²) in [4.78, 5) is 13.5. The second kappa shape index (κ2) is 6.95. The third kappa shape index (κ3) is 3.14. The summed E-state index contributed by atoms with van der Waals surface area (Å²) in [6.07, 6.45) is 4.08. The Bertz CT molecular complexity index is 1380. The number of fused-ring (bicyclic) bond motifs is 9. The smallest absolute Gasteiger partial charge is 0.387 e. The van der Waals surface area contributed by atoms with Crippen LogP contribution in [0.15, 0.2) is 48.8 Å². The van der Waals surface area contributed by atoms with Crippen molar-refractivity contribution in [3.63, 3.8) is 0 Å². The van der Waals surface area contributed by atoms with Gasteiger partial charge in [0.25, 0.3) is 0 Å². The molecule has 168 valence electrons. The van der Waals surface area contributed by atoms with Crippen LogP contribution in [0, 0.1) is 0 Å². The number of hydrogen-bond donors (Lipinski definition) is 2. The molecular weight excluding hydrogens is 428 g/mol. The second-order valence-electron chi connectivity index (χ2n) is 8.94. The summed E-state index contributed by atoms with van der Waals surface area (Å²) < 4.78 is 33.1. The average Bonchev–Trinajstić information content (AvgIpc) is 3.28. The van der Waals surface area contributed by atoms with Gasteiger partial charge in [-0.15, -0.1) is 0 Å². The molecule has 7 nitrogen and oxygen atoms in total. The predicted molar refractivity (Wildman–Crippen MR) is 118 cm³/mol. The molecule has 0 aliphatic carbocycles. The Morgan fingerprint density at radius 2 is 1.94 bits per heavy atom. The monoisotopic (exact) mass is 449 g/mol. The van der Waals surface area contributed by atoms with Crippen molar-refractivity contribution in [2.45, 2.75) is 44.6 Å². The number of hydrogen-bond acceptors (Lipinski definition) is 6. The van der Waals surface area contributed by atoms with Gasteiger partial charge in [0.05, 0.1) is 23.1 Å². The van der Waals surface area contributed by atoms with E-state index < -0.39 is 12.2 Å². The topological polar surface area (TPSA) is 85.1 Å². The zero-order chi connectivity index (χ0) is 22.9. The molecular formula is C24H21F2N5O2. The van der Waals surface area contributed by atoms with Crippen LogP contribution in [0.5, 0.6) is 5.75 Å². The molecule has 2 aliphatic rings. The molecule has 4 heterocycles. The van der Waals surface area contributed by atoms with Crippen molar-refractivity contribution < 1.29 is 18.6 Å². The van der Waals surface area contributed by atoms with Gasteiger partial charge in [-0.05, 0) is 50.1 Å². The summed E-state index contributed by atoms with van der Waals surface area (Å²) in [5, 5.41) is 13.5. The third-order valence-corrected chi connectivity index (χ3v) is 6.28. The highest BCUT2D eigenvalue weighted by molar-refractivity contribution is 5.84. The average molecular weight is 449 g/mol. The van der Waals surface area contributed by atoms with Crippen molar-refractivity contribution >= 4 is 16.7 Å². The van der Waals surface area contributed by atoms with Crippen LogP contribution in [-0.4, -0.2) is 31.2 Å². The lowest BCUT2D eigenvalue weighted by Gasteiger charge is -2.27. The zero-order valence-corrected chi connectivity index (χ0v) is 18.0. The summed E-state index contributed by atoms with van der Waals surface area (Å²) >= 11 is 0. The number of anilines is 1. The third-order valence-electron chi connectivity index (χ3n) is 6.28. The highest BCUT2D eigenvalue weighted by Crippen LogP contribution is 2.52. The van der Waals surface area contributed by atoms with E-state index in [0.29, 0.717) is 12.2 Å². The van der Waals surface area contributed by atoms with Crippen LogP contribution in [0.25, 0.3) is 22.2 Å². The van der Waals surface area contributed by atoms with E-state index in [1.807, 2.05) is 24.3 Å². The number of aliphatic hydroxyl groups is 1. The van der Waals surface area contributed by atoms with E-state index in [-0.39, 0.29) is 17.8 Å². The van der Waals surface area contributed by atoms with E-state index >= 15 is 0 Å². The maximum Gasteiger partial charge on any atom is 0.387 e. The van der Waals surface area contributed by atoms with Crippen molar-refractivity contribution in [1.82, 2.24) is 19.5 Å². The van der Waals surface area contributed by atoms with Gasteiger partial charge in [-0.2, -0.15) is 8.78 Å². The van der Waals surface area contributed by atoms with Gasteiger partial charge in [-0.3, -0.25) is 0 Å². The number of halogens is 2. The quantitative estimate of drug-likeness (QED) is 0.466. The summed E-state index contributed by atoms with van der Waals surface area (Å²) in [7, 11) is 0. The van der Waals surface area contributed by atoms with E-state index in [0.717, 1.165) is 39.2 Å². The summed E-state index contributed by atoms with van der Waals surface area (Å²) in [6, 6.07) is 10.9. The minimum absolute atomic E-state index is 0.00504. The fourth-order valence-corrected chi connectivity index (χ4v) is 4.86. The van der Waals surface area contributed by atoms with Gasteiger partial charge >= 0.3 is 6.61 Å². The Kier molecular flexibility index (Phi) is 4.22. The van der Waals surface area contributed by atoms with E-state index in [4.69, 9.17) is 9.72 Å². The van der Waals surface area contributed by atoms with Crippen LogP contribution in [0.4, 0.5) is 14.5 Å². The normalized spacial score (nSPS) is 18.8. The van der Waals surface area contributed by atoms with Crippen LogP contribution in [0.3, 0.4) is 0 Å². The molecule has 2 aromatic carbocycles. The SMILES string of the molecule is CC(C)(O)c1ncc(-c2ccc3nc4n(c3c2)[C@@H]2C[C@H]4Nc3cccc(OC(F)F)c32)cn1. The Labute approximate surface area is 188 Å². The van der Waals surface area contributed by atoms with Crippen LogP contribution in [0.2, 0.25) is 0 Å². The largest absolute Gasteiger partial charge is 0.434 e. The number of alkyl halides is 2. The van der Waals surface area contributed by atoms with Crippen LogP contribution in [-0.2, 0) is 5.60 Å². The molecule has 0 saturated heterocycles. The van der Waals surface area contributed by atoms with Gasteiger partial charge in [-0.25, -0.2) is 15.0 Å². The molecule has 33 heavy (non-hydrogen) atoms. The summed E-state index contributed by atoms with van der Waals surface area (Å²) in [5.41, 5.74) is 3.83. The van der Waals surface area contributed by atoms with Gasteiger partial charge in [0.2, 0.25) is 0 Å². The molecule has 0 fully saturated rings. The number of benzene rings is 2. The molecule has 2 aliphatic heterocycles. The van der Waals surface area contributed by atoms with E-state index in [2.05, 4.69) is 19.9 Å². The molecule has 6 rings (SSSR count). The number of ether oxygens (including phenoxy) is 1. The van der Waals surface area contributed by atoms with Crippen LogP contribution < -0.4 is 10.1 Å². The van der Waals surface area contributed by atoms with Crippen molar-refractivity contribution in [3.8, 4) is 16.9 Å². The lowest BCUT2D eigenvalue weighted by molar-refractivity contribution is -0.0506. The minimum atomic E-state index is -2.90. The van der Waals surface area contributed by atoms with Gasteiger partial charge in [0.15, 0.2) is 5.82 Å². The van der Waals surface area contributed by atoms with Crippen molar-refractivity contribution in [1.29, 1.82) is 0 Å². The standard InChI is InChI=1S/C24H21F2N5O2/c1-24(2,32)22-27-10-13(11-28-22)12-6-7-14-17(8-12)31-18-9-16(21(31)30-14)29-15-4-3-5-19(20(15)18)33-23(25)26/h3-8,10-11,16,18,23,29,32H,9H2,1-2H3/t16-,18-/m1/s1. The molecule has 0 unspecified atom stereocenters. The molecule has 9 heteroatoms. The number of aromatic nitrogens is 4. The Balaban J connectivity index is 1.46. The van der Waals surface area contributed by atoms with Crippen molar-refractivity contribution in [3.05, 3.63) is 66.0 Å². The highest BCUT2D eigenvalue weighted by Gasteiger charge is 2.41. The van der Waals surface area contributed by atoms with Gasteiger partial charge in [-0.1, -0.05) is 12.1 Å². The number of nitrogens with one attached hydrogen (secondary N) is 1. The van der Waals surface area contributed by atoms with E-state index in [1.165, 1.54) is 0 Å². The Morgan fingerprint density at radius 3 is 2.67 bits per heavy atom. The molecule has 4 aromatic rings. The van der Waals surface area contributed by atoms with Crippen molar-refractivity contribution in [2.24, 2.45) is 0 Å². The molecule has 2 aromatic heterocycles. The lowest BCUT2D eigenvalue weighted by atomic mass is 9.95. The first-order chi connectivity index (χ1) is 15.8. The van der Waals surface area contributed by atoms with Gasteiger partial charge < -0.3 is 19.7 Å². The Morgan fingerprint density at radius 1 is 1.15 bits per heavy atom. The Hall–Kier alpha value is -3.59. The fourth-order valence-electron chi connectivity index (χ4n) is 4.86.